The van der Waals surface area contributed by atoms with Crippen LogP contribution >= 0.6 is 0 Å². The van der Waals surface area contributed by atoms with Crippen molar-refractivity contribution in [2.75, 3.05) is 20.3 Å². The lowest BCUT2D eigenvalue weighted by molar-refractivity contribution is -0.145. The van der Waals surface area contributed by atoms with E-state index >= 15 is 0 Å². The molecule has 0 aliphatic carbocycles. The summed E-state index contributed by atoms with van der Waals surface area (Å²) in [5.74, 6) is -1.32. The summed E-state index contributed by atoms with van der Waals surface area (Å²) in [6.07, 6.45) is 0. The van der Waals surface area contributed by atoms with E-state index in [9.17, 15) is 9.59 Å². The van der Waals surface area contributed by atoms with Gasteiger partial charge in [-0.3, -0.25) is 4.79 Å². The van der Waals surface area contributed by atoms with E-state index in [0.717, 1.165) is 5.56 Å². The number of hydrogen-bond donors (Lipinski definition) is 1. The third kappa shape index (κ3) is 5.12. The highest BCUT2D eigenvalue weighted by Gasteiger charge is 2.09. The van der Waals surface area contributed by atoms with Gasteiger partial charge in [0.25, 0.3) is 0 Å². The molecule has 0 heterocycles. The van der Waals surface area contributed by atoms with Gasteiger partial charge < -0.3 is 14.7 Å². The van der Waals surface area contributed by atoms with Crippen molar-refractivity contribution in [1.82, 2.24) is 4.90 Å². The number of likely N-dealkylation sites (N-methyl/N-ethyl adjacent to an activating group) is 1. The normalized spacial score (nSPS) is 9.94. The molecule has 0 bridgehead atoms. The van der Waals surface area contributed by atoms with Gasteiger partial charge in [0.2, 0.25) is 5.91 Å². The molecular formula is C12H15NO4. The van der Waals surface area contributed by atoms with Crippen molar-refractivity contribution in [3.05, 3.63) is 35.9 Å². The molecular weight excluding hydrogens is 222 g/mol. The van der Waals surface area contributed by atoms with Crippen molar-refractivity contribution in [3.8, 4) is 0 Å². The Kier molecular flexibility index (Phi) is 5.16. The molecule has 5 heteroatoms. The number of carboxylic acids is 1. The highest BCUT2D eigenvalue weighted by atomic mass is 16.5. The zero-order valence-electron chi connectivity index (χ0n) is 9.63. The molecule has 0 saturated carbocycles. The van der Waals surface area contributed by atoms with Crippen LogP contribution in [0.25, 0.3) is 0 Å². The first-order valence-corrected chi connectivity index (χ1v) is 5.17. The molecule has 1 aromatic rings. The van der Waals surface area contributed by atoms with E-state index in [4.69, 9.17) is 9.84 Å². The van der Waals surface area contributed by atoms with E-state index in [1.54, 1.807) is 7.05 Å². The standard InChI is InChI=1S/C12H15NO4/c1-13(7-10-5-3-2-4-6-10)11(14)8-17-9-12(15)16/h2-6H,7-9H2,1H3,(H,15,16). The number of benzene rings is 1. The van der Waals surface area contributed by atoms with Crippen LogP contribution in [0.5, 0.6) is 0 Å². The number of nitrogens with zero attached hydrogens (tertiary/aromatic N) is 1. The Balaban J connectivity index is 2.34. The van der Waals surface area contributed by atoms with E-state index in [1.807, 2.05) is 30.3 Å². The molecule has 92 valence electrons. The van der Waals surface area contributed by atoms with Crippen LogP contribution in [0.4, 0.5) is 0 Å². The first kappa shape index (κ1) is 13.2. The molecule has 5 nitrogen and oxygen atoms in total. The molecule has 0 aromatic heterocycles. The van der Waals surface area contributed by atoms with Crippen LogP contribution in [-0.4, -0.2) is 42.1 Å². The number of aliphatic carboxylic acids is 1. The van der Waals surface area contributed by atoms with Gasteiger partial charge in [-0.05, 0) is 5.56 Å². The van der Waals surface area contributed by atoms with E-state index < -0.39 is 12.6 Å². The molecule has 1 N–H and O–H groups in total. The van der Waals surface area contributed by atoms with Gasteiger partial charge in [0.1, 0.15) is 13.2 Å². The monoisotopic (exact) mass is 237 g/mol. The van der Waals surface area contributed by atoms with Crippen LogP contribution < -0.4 is 0 Å². The Bertz CT molecular complexity index is 377. The summed E-state index contributed by atoms with van der Waals surface area (Å²) in [6, 6.07) is 9.54. The summed E-state index contributed by atoms with van der Waals surface area (Å²) in [4.78, 5) is 23.2. The van der Waals surface area contributed by atoms with Gasteiger partial charge >= 0.3 is 5.97 Å². The van der Waals surface area contributed by atoms with Gasteiger partial charge in [-0.25, -0.2) is 4.79 Å². The lowest BCUT2D eigenvalue weighted by Crippen LogP contribution is -2.30. The molecule has 17 heavy (non-hydrogen) atoms. The quantitative estimate of drug-likeness (QED) is 0.792. The number of hydrogen-bond acceptors (Lipinski definition) is 3. The molecule has 0 spiro atoms. The van der Waals surface area contributed by atoms with Crippen molar-refractivity contribution in [2.24, 2.45) is 0 Å². The second-order valence-electron chi connectivity index (χ2n) is 3.62. The van der Waals surface area contributed by atoms with Crippen LogP contribution in [0.15, 0.2) is 30.3 Å². The summed E-state index contributed by atoms with van der Waals surface area (Å²) in [6.45, 7) is -0.184. The van der Waals surface area contributed by atoms with Crippen molar-refractivity contribution < 1.29 is 19.4 Å². The fraction of sp³-hybridized carbons (Fsp3) is 0.333. The molecule has 0 aliphatic rings. The molecule has 0 fully saturated rings. The third-order valence-corrected chi connectivity index (χ3v) is 2.14. The zero-order chi connectivity index (χ0) is 12.7. The van der Waals surface area contributed by atoms with Crippen LogP contribution in [0, 0.1) is 0 Å². The van der Waals surface area contributed by atoms with Gasteiger partial charge in [-0.1, -0.05) is 30.3 Å². The van der Waals surface area contributed by atoms with Crippen LogP contribution in [0.3, 0.4) is 0 Å². The summed E-state index contributed by atoms with van der Waals surface area (Å²) >= 11 is 0. The maximum Gasteiger partial charge on any atom is 0.329 e. The summed E-state index contributed by atoms with van der Waals surface area (Å²) < 4.78 is 4.72. The fourth-order valence-electron chi connectivity index (χ4n) is 1.28. The maximum absolute atomic E-state index is 11.5. The first-order chi connectivity index (χ1) is 8.09. The Morgan fingerprint density at radius 2 is 1.88 bits per heavy atom. The molecule has 0 atom stereocenters. The van der Waals surface area contributed by atoms with E-state index in [2.05, 4.69) is 0 Å². The SMILES string of the molecule is CN(Cc1ccccc1)C(=O)COCC(=O)O. The summed E-state index contributed by atoms with van der Waals surface area (Å²) in [5, 5.41) is 8.35. The largest absolute Gasteiger partial charge is 0.480 e. The van der Waals surface area contributed by atoms with Gasteiger partial charge in [0.05, 0.1) is 0 Å². The number of carbonyl (C=O) groups is 2. The van der Waals surface area contributed by atoms with Crippen molar-refractivity contribution in [1.29, 1.82) is 0 Å². The molecule has 0 unspecified atom stereocenters. The number of rotatable bonds is 6. The predicted molar refractivity (Wildman–Crippen MR) is 61.4 cm³/mol. The summed E-state index contributed by atoms with van der Waals surface area (Å²) in [5.41, 5.74) is 1.02. The minimum absolute atomic E-state index is 0.213. The molecule has 1 aromatic carbocycles. The van der Waals surface area contributed by atoms with Gasteiger partial charge in [0, 0.05) is 13.6 Å². The Labute approximate surface area is 99.6 Å². The second-order valence-corrected chi connectivity index (χ2v) is 3.62. The predicted octanol–water partition coefficient (Wildman–Crippen LogP) is 0.746. The second kappa shape index (κ2) is 6.65. The van der Waals surface area contributed by atoms with Gasteiger partial charge in [-0.15, -0.1) is 0 Å². The van der Waals surface area contributed by atoms with Crippen LogP contribution in [0.1, 0.15) is 5.56 Å². The van der Waals surface area contributed by atoms with E-state index in [0.29, 0.717) is 6.54 Å². The first-order valence-electron chi connectivity index (χ1n) is 5.17. The lowest BCUT2D eigenvalue weighted by atomic mass is 10.2. The van der Waals surface area contributed by atoms with Crippen molar-refractivity contribution >= 4 is 11.9 Å². The van der Waals surface area contributed by atoms with E-state index in [1.165, 1.54) is 4.90 Å². The highest BCUT2D eigenvalue weighted by molar-refractivity contribution is 5.77. The Morgan fingerprint density at radius 1 is 1.24 bits per heavy atom. The van der Waals surface area contributed by atoms with E-state index in [-0.39, 0.29) is 12.5 Å². The number of carbonyl (C=O) groups excluding carboxylic acids is 1. The average molecular weight is 237 g/mol. The maximum atomic E-state index is 11.5. The van der Waals surface area contributed by atoms with Crippen LogP contribution in [0.2, 0.25) is 0 Å². The molecule has 0 radical (unpaired) electrons. The fourth-order valence-corrected chi connectivity index (χ4v) is 1.28. The number of carboxylic acid groups (broad SMARTS) is 1. The minimum Gasteiger partial charge on any atom is -0.480 e. The zero-order valence-corrected chi connectivity index (χ0v) is 9.63. The van der Waals surface area contributed by atoms with Gasteiger partial charge in [-0.2, -0.15) is 0 Å². The number of amides is 1. The molecule has 1 amide bonds. The summed E-state index contributed by atoms with van der Waals surface area (Å²) in [7, 11) is 1.65. The Hall–Kier alpha value is -1.88. The highest BCUT2D eigenvalue weighted by Crippen LogP contribution is 2.02. The number of ether oxygens (including phenoxy) is 1. The molecule has 0 aliphatic heterocycles. The minimum atomic E-state index is -1.08. The van der Waals surface area contributed by atoms with Gasteiger partial charge in [0.15, 0.2) is 0 Å². The average Bonchev–Trinajstić information content (AvgIpc) is 2.29. The van der Waals surface area contributed by atoms with Crippen molar-refractivity contribution in [3.63, 3.8) is 0 Å². The lowest BCUT2D eigenvalue weighted by Gasteiger charge is -2.16. The Morgan fingerprint density at radius 3 is 2.47 bits per heavy atom. The molecule has 0 saturated heterocycles. The third-order valence-electron chi connectivity index (χ3n) is 2.14. The topological polar surface area (TPSA) is 66.8 Å². The molecule has 1 rings (SSSR count). The van der Waals surface area contributed by atoms with Crippen LogP contribution in [-0.2, 0) is 20.9 Å². The van der Waals surface area contributed by atoms with Crippen molar-refractivity contribution in [2.45, 2.75) is 6.54 Å². The smallest absolute Gasteiger partial charge is 0.329 e.